The van der Waals surface area contributed by atoms with Crippen molar-refractivity contribution in [2.45, 2.75) is 18.9 Å². The van der Waals surface area contributed by atoms with Crippen molar-refractivity contribution < 1.29 is 4.74 Å². The molecule has 0 aromatic carbocycles. The third-order valence-corrected chi connectivity index (χ3v) is 3.83. The van der Waals surface area contributed by atoms with E-state index in [-0.39, 0.29) is 0 Å². The van der Waals surface area contributed by atoms with Gasteiger partial charge in [-0.25, -0.2) is 4.98 Å². The molecule has 4 heteroatoms. The van der Waals surface area contributed by atoms with E-state index in [0.717, 1.165) is 37.6 Å². The molecule has 0 saturated carbocycles. The van der Waals surface area contributed by atoms with E-state index in [1.54, 1.807) is 0 Å². The lowest BCUT2D eigenvalue weighted by Crippen LogP contribution is -2.32. The Bertz CT molecular complexity index is 336. The van der Waals surface area contributed by atoms with E-state index in [4.69, 9.17) is 4.74 Å². The van der Waals surface area contributed by atoms with Crippen molar-refractivity contribution in [3.8, 4) is 0 Å². The van der Waals surface area contributed by atoms with E-state index in [1.165, 1.54) is 5.56 Å². The fourth-order valence-corrected chi connectivity index (χ4v) is 2.45. The Hall–Kier alpha value is -0.740. The first-order chi connectivity index (χ1) is 8.31. The maximum Gasteiger partial charge on any atom is 0.128 e. The van der Waals surface area contributed by atoms with Crippen LogP contribution < -0.4 is 4.90 Å². The fraction of sp³-hybridized carbons (Fsp3) is 0.615. The van der Waals surface area contributed by atoms with Gasteiger partial charge < -0.3 is 9.64 Å². The largest absolute Gasteiger partial charge is 0.379 e. The Labute approximate surface area is 108 Å². The molecule has 1 saturated heterocycles. The number of aromatic nitrogens is 1. The van der Waals surface area contributed by atoms with Crippen LogP contribution >= 0.6 is 11.8 Å². The molecule has 0 amide bonds. The quantitative estimate of drug-likeness (QED) is 0.802. The van der Waals surface area contributed by atoms with E-state index >= 15 is 0 Å². The lowest BCUT2D eigenvalue weighted by molar-refractivity contribution is 0.193. The monoisotopic (exact) mass is 252 g/mol. The summed E-state index contributed by atoms with van der Waals surface area (Å²) in [6.07, 6.45) is 6.34. The van der Waals surface area contributed by atoms with Gasteiger partial charge in [-0.1, -0.05) is 6.07 Å². The highest BCUT2D eigenvalue weighted by atomic mass is 32.2. The molecule has 17 heavy (non-hydrogen) atoms. The first-order valence-electron chi connectivity index (χ1n) is 6.05. The van der Waals surface area contributed by atoms with Gasteiger partial charge in [0.15, 0.2) is 0 Å². The number of likely N-dealkylation sites (N-methyl/N-ethyl adjacent to an activating group) is 1. The zero-order valence-corrected chi connectivity index (χ0v) is 11.4. The maximum atomic E-state index is 5.40. The molecule has 0 N–H and O–H groups in total. The molecule has 0 aliphatic carbocycles. The molecule has 1 unspecified atom stereocenters. The summed E-state index contributed by atoms with van der Waals surface area (Å²) in [7, 11) is 2.10. The SMILES string of the molecule is CSCCc1ccc(N(C)C2CCOC2)nc1. The standard InChI is InChI=1S/C13H20N2OS/c1-15(12-5-7-16-10-12)13-4-3-11(9-14-13)6-8-17-2/h3-4,9,12H,5-8,10H2,1-2H3. The van der Waals surface area contributed by atoms with Crippen LogP contribution in [0.25, 0.3) is 0 Å². The van der Waals surface area contributed by atoms with Crippen LogP contribution in [0.1, 0.15) is 12.0 Å². The highest BCUT2D eigenvalue weighted by molar-refractivity contribution is 7.98. The molecule has 0 spiro atoms. The molecule has 2 heterocycles. The molecular weight excluding hydrogens is 232 g/mol. The number of pyridine rings is 1. The first kappa shape index (κ1) is 12.7. The van der Waals surface area contributed by atoms with Crippen LogP contribution in [0.4, 0.5) is 5.82 Å². The Balaban J connectivity index is 1.96. The number of nitrogens with zero attached hydrogens (tertiary/aromatic N) is 2. The summed E-state index contributed by atoms with van der Waals surface area (Å²) < 4.78 is 5.40. The van der Waals surface area contributed by atoms with Gasteiger partial charge in [0.05, 0.1) is 12.6 Å². The van der Waals surface area contributed by atoms with Crippen molar-refractivity contribution >= 4 is 17.6 Å². The molecule has 0 bridgehead atoms. The van der Waals surface area contributed by atoms with Gasteiger partial charge in [0.25, 0.3) is 0 Å². The molecule has 1 aromatic rings. The minimum absolute atomic E-state index is 0.486. The predicted molar refractivity (Wildman–Crippen MR) is 74.0 cm³/mol. The summed E-state index contributed by atoms with van der Waals surface area (Å²) in [6.45, 7) is 1.70. The van der Waals surface area contributed by atoms with Gasteiger partial charge in [0.2, 0.25) is 0 Å². The van der Waals surface area contributed by atoms with E-state index in [0.29, 0.717) is 6.04 Å². The van der Waals surface area contributed by atoms with Gasteiger partial charge in [-0.2, -0.15) is 11.8 Å². The number of hydrogen-bond donors (Lipinski definition) is 0. The molecule has 0 radical (unpaired) electrons. The minimum atomic E-state index is 0.486. The first-order valence-corrected chi connectivity index (χ1v) is 7.45. The summed E-state index contributed by atoms with van der Waals surface area (Å²) in [5.41, 5.74) is 1.32. The van der Waals surface area contributed by atoms with Crippen LogP contribution in [0, 0.1) is 0 Å². The summed E-state index contributed by atoms with van der Waals surface area (Å²) in [5.74, 6) is 2.21. The van der Waals surface area contributed by atoms with E-state index in [2.05, 4.69) is 35.3 Å². The maximum absolute atomic E-state index is 5.40. The van der Waals surface area contributed by atoms with Crippen LogP contribution in [-0.2, 0) is 11.2 Å². The second-order valence-electron chi connectivity index (χ2n) is 4.40. The van der Waals surface area contributed by atoms with Crippen LogP contribution in [-0.4, -0.2) is 43.3 Å². The van der Waals surface area contributed by atoms with Crippen molar-refractivity contribution in [2.24, 2.45) is 0 Å². The van der Waals surface area contributed by atoms with Gasteiger partial charge in [0.1, 0.15) is 5.82 Å². The number of ether oxygens (including phenoxy) is 1. The van der Waals surface area contributed by atoms with Crippen molar-refractivity contribution in [3.05, 3.63) is 23.9 Å². The molecule has 94 valence electrons. The normalized spacial score (nSPS) is 19.5. The van der Waals surface area contributed by atoms with Gasteiger partial charge in [-0.3, -0.25) is 0 Å². The van der Waals surface area contributed by atoms with Gasteiger partial charge in [0, 0.05) is 19.9 Å². The van der Waals surface area contributed by atoms with Gasteiger partial charge in [-0.15, -0.1) is 0 Å². The molecule has 2 rings (SSSR count). The lowest BCUT2D eigenvalue weighted by Gasteiger charge is -2.24. The highest BCUT2D eigenvalue weighted by Gasteiger charge is 2.20. The molecule has 1 atom stereocenters. The summed E-state index contributed by atoms with van der Waals surface area (Å²) in [5, 5.41) is 0. The van der Waals surface area contributed by atoms with Crippen molar-refractivity contribution in [1.29, 1.82) is 0 Å². The summed E-state index contributed by atoms with van der Waals surface area (Å²) in [4.78, 5) is 6.76. The molecule has 1 aromatic heterocycles. The van der Waals surface area contributed by atoms with Crippen molar-refractivity contribution in [2.75, 3.05) is 37.2 Å². The zero-order chi connectivity index (χ0) is 12.1. The molecule has 1 aliphatic rings. The second kappa shape index (κ2) is 6.26. The molecular formula is C13H20N2OS. The highest BCUT2D eigenvalue weighted by Crippen LogP contribution is 2.18. The van der Waals surface area contributed by atoms with Gasteiger partial charge in [-0.05, 0) is 36.5 Å². The van der Waals surface area contributed by atoms with Gasteiger partial charge >= 0.3 is 0 Å². The lowest BCUT2D eigenvalue weighted by atomic mass is 10.2. The average molecular weight is 252 g/mol. The molecule has 1 aliphatic heterocycles. The number of thioether (sulfide) groups is 1. The van der Waals surface area contributed by atoms with Crippen molar-refractivity contribution in [1.82, 2.24) is 4.98 Å². The minimum Gasteiger partial charge on any atom is -0.379 e. The Morgan fingerprint density at radius 2 is 2.41 bits per heavy atom. The van der Waals surface area contributed by atoms with E-state index < -0.39 is 0 Å². The van der Waals surface area contributed by atoms with E-state index in [9.17, 15) is 0 Å². The Kier molecular flexibility index (Phi) is 4.68. The zero-order valence-electron chi connectivity index (χ0n) is 10.6. The number of anilines is 1. The smallest absolute Gasteiger partial charge is 0.128 e. The predicted octanol–water partition coefficient (Wildman–Crippen LogP) is 2.21. The third kappa shape index (κ3) is 3.36. The topological polar surface area (TPSA) is 25.4 Å². The average Bonchev–Trinajstić information content (AvgIpc) is 2.90. The van der Waals surface area contributed by atoms with E-state index in [1.807, 2.05) is 18.0 Å². The van der Waals surface area contributed by atoms with Crippen LogP contribution in [0.3, 0.4) is 0 Å². The number of hydrogen-bond acceptors (Lipinski definition) is 4. The Morgan fingerprint density at radius 3 is 3.00 bits per heavy atom. The Morgan fingerprint density at radius 1 is 1.53 bits per heavy atom. The van der Waals surface area contributed by atoms with Crippen LogP contribution in [0.5, 0.6) is 0 Å². The second-order valence-corrected chi connectivity index (χ2v) is 5.38. The third-order valence-electron chi connectivity index (χ3n) is 3.22. The van der Waals surface area contributed by atoms with Crippen LogP contribution in [0.15, 0.2) is 18.3 Å². The van der Waals surface area contributed by atoms with Crippen molar-refractivity contribution in [3.63, 3.8) is 0 Å². The summed E-state index contributed by atoms with van der Waals surface area (Å²) >= 11 is 1.87. The van der Waals surface area contributed by atoms with Crippen LogP contribution in [0.2, 0.25) is 0 Å². The number of aryl methyl sites for hydroxylation is 1. The number of rotatable bonds is 5. The summed E-state index contributed by atoms with van der Waals surface area (Å²) in [6, 6.07) is 4.79. The molecule has 1 fully saturated rings. The molecule has 3 nitrogen and oxygen atoms in total. The fourth-order valence-electron chi connectivity index (χ4n) is 2.01.